The Morgan fingerprint density at radius 1 is 1.35 bits per heavy atom. The van der Waals surface area contributed by atoms with Crippen molar-refractivity contribution in [3.63, 3.8) is 0 Å². The van der Waals surface area contributed by atoms with Crippen LogP contribution in [0, 0.1) is 6.92 Å². The number of hydrogen-bond acceptors (Lipinski definition) is 2. The molecule has 90 valence electrons. The summed E-state index contributed by atoms with van der Waals surface area (Å²) in [5, 5.41) is 3.09. The molecule has 17 heavy (non-hydrogen) atoms. The molecule has 0 fully saturated rings. The molecule has 0 unspecified atom stereocenters. The molecule has 1 aromatic carbocycles. The predicted octanol–water partition coefficient (Wildman–Crippen LogP) is 3.20. The summed E-state index contributed by atoms with van der Waals surface area (Å²) in [6, 6.07) is 7.70. The molecular formula is C12H13F2N3. The normalized spacial score (nSPS) is 10.8. The van der Waals surface area contributed by atoms with Crippen LogP contribution in [0.15, 0.2) is 36.7 Å². The molecule has 3 nitrogen and oxygen atoms in total. The van der Waals surface area contributed by atoms with Crippen LogP contribution in [0.25, 0.3) is 0 Å². The van der Waals surface area contributed by atoms with E-state index in [1.165, 1.54) is 12.4 Å². The monoisotopic (exact) mass is 237 g/mol. The van der Waals surface area contributed by atoms with E-state index in [-0.39, 0.29) is 6.54 Å². The Morgan fingerprint density at radius 2 is 2.12 bits per heavy atom. The molecule has 0 spiro atoms. The fourth-order valence-corrected chi connectivity index (χ4v) is 1.60. The predicted molar refractivity (Wildman–Crippen MR) is 62.0 cm³/mol. The summed E-state index contributed by atoms with van der Waals surface area (Å²) in [7, 11) is 0. The summed E-state index contributed by atoms with van der Waals surface area (Å²) in [4.78, 5) is 3.90. The highest BCUT2D eigenvalue weighted by Crippen LogP contribution is 2.16. The Bertz CT molecular complexity index is 494. The number of halogens is 2. The number of benzene rings is 1. The van der Waals surface area contributed by atoms with Gasteiger partial charge in [0.1, 0.15) is 5.82 Å². The van der Waals surface area contributed by atoms with E-state index in [0.29, 0.717) is 5.82 Å². The molecule has 2 rings (SSSR count). The van der Waals surface area contributed by atoms with Crippen molar-refractivity contribution in [2.45, 2.75) is 20.0 Å². The van der Waals surface area contributed by atoms with Crippen LogP contribution in [0.4, 0.5) is 14.5 Å². The minimum atomic E-state index is -2.55. The first-order chi connectivity index (χ1) is 8.18. The number of nitrogens with one attached hydrogen (secondary N) is 1. The van der Waals surface area contributed by atoms with Crippen LogP contribution >= 0.6 is 0 Å². The van der Waals surface area contributed by atoms with E-state index in [2.05, 4.69) is 10.3 Å². The van der Waals surface area contributed by atoms with Gasteiger partial charge >= 0.3 is 6.55 Å². The second kappa shape index (κ2) is 4.95. The van der Waals surface area contributed by atoms with E-state index in [1.54, 1.807) is 0 Å². The fraction of sp³-hybridized carbons (Fsp3) is 0.250. The first kappa shape index (κ1) is 11.6. The van der Waals surface area contributed by atoms with Crippen molar-refractivity contribution in [3.05, 3.63) is 48.0 Å². The van der Waals surface area contributed by atoms with Gasteiger partial charge in [-0.3, -0.25) is 4.57 Å². The van der Waals surface area contributed by atoms with Gasteiger partial charge in [0.2, 0.25) is 0 Å². The quantitative estimate of drug-likeness (QED) is 0.885. The summed E-state index contributed by atoms with van der Waals surface area (Å²) >= 11 is 0. The lowest BCUT2D eigenvalue weighted by atomic mass is 10.2. The van der Waals surface area contributed by atoms with Gasteiger partial charge in [0.25, 0.3) is 0 Å². The van der Waals surface area contributed by atoms with Crippen molar-refractivity contribution in [2.75, 3.05) is 5.32 Å². The molecule has 1 N–H and O–H groups in total. The summed E-state index contributed by atoms with van der Waals surface area (Å²) in [6.07, 6.45) is 2.65. The number of anilines is 1. The van der Waals surface area contributed by atoms with Gasteiger partial charge in [-0.25, -0.2) is 4.98 Å². The van der Waals surface area contributed by atoms with Crippen LogP contribution in [0.2, 0.25) is 0 Å². The minimum Gasteiger partial charge on any atom is -0.378 e. The summed E-state index contributed by atoms with van der Waals surface area (Å²) < 4.78 is 26.0. The molecule has 0 aliphatic heterocycles. The van der Waals surface area contributed by atoms with Gasteiger partial charge in [0.05, 0.1) is 6.54 Å². The largest absolute Gasteiger partial charge is 0.378 e. The molecule has 0 bridgehead atoms. The van der Waals surface area contributed by atoms with Crippen molar-refractivity contribution in [1.29, 1.82) is 0 Å². The number of alkyl halides is 2. The lowest BCUT2D eigenvalue weighted by Crippen LogP contribution is -2.09. The van der Waals surface area contributed by atoms with Crippen LogP contribution < -0.4 is 5.32 Å². The van der Waals surface area contributed by atoms with E-state index >= 15 is 0 Å². The maximum Gasteiger partial charge on any atom is 0.319 e. The van der Waals surface area contributed by atoms with Crippen molar-refractivity contribution < 1.29 is 8.78 Å². The molecule has 0 radical (unpaired) electrons. The maximum absolute atomic E-state index is 12.6. The van der Waals surface area contributed by atoms with E-state index in [4.69, 9.17) is 0 Å². The third-order valence-electron chi connectivity index (χ3n) is 2.54. The average molecular weight is 237 g/mol. The molecule has 0 atom stereocenters. The van der Waals surface area contributed by atoms with Crippen molar-refractivity contribution in [1.82, 2.24) is 9.55 Å². The van der Waals surface area contributed by atoms with Crippen LogP contribution in [0.1, 0.15) is 17.9 Å². The van der Waals surface area contributed by atoms with Gasteiger partial charge in [-0.2, -0.15) is 8.78 Å². The van der Waals surface area contributed by atoms with Crippen LogP contribution in [0.5, 0.6) is 0 Å². The number of nitrogens with zero attached hydrogens (tertiary/aromatic N) is 2. The van der Waals surface area contributed by atoms with E-state index in [1.807, 2.05) is 31.2 Å². The Hall–Kier alpha value is -1.91. The van der Waals surface area contributed by atoms with Gasteiger partial charge in [0, 0.05) is 18.1 Å². The zero-order valence-electron chi connectivity index (χ0n) is 9.40. The molecule has 1 heterocycles. The molecule has 0 saturated heterocycles. The first-order valence-corrected chi connectivity index (χ1v) is 5.28. The third-order valence-corrected chi connectivity index (χ3v) is 2.54. The first-order valence-electron chi connectivity index (χ1n) is 5.28. The van der Waals surface area contributed by atoms with Gasteiger partial charge in [-0.05, 0) is 18.6 Å². The second-order valence-electron chi connectivity index (χ2n) is 3.70. The molecule has 1 aromatic heterocycles. The molecule has 5 heteroatoms. The SMILES string of the molecule is Cc1ccccc1NCc1nccn1C(F)F. The summed E-state index contributed by atoms with van der Waals surface area (Å²) in [5.74, 6) is 0.322. The number of para-hydroxylation sites is 1. The number of aryl methyl sites for hydroxylation is 1. The van der Waals surface area contributed by atoms with Crippen molar-refractivity contribution >= 4 is 5.69 Å². The number of imidazole rings is 1. The maximum atomic E-state index is 12.6. The zero-order chi connectivity index (χ0) is 12.3. The number of rotatable bonds is 4. The molecule has 0 amide bonds. The number of aromatic nitrogens is 2. The van der Waals surface area contributed by atoms with E-state index in [9.17, 15) is 8.78 Å². The van der Waals surface area contributed by atoms with Crippen LogP contribution in [-0.2, 0) is 6.54 Å². The zero-order valence-corrected chi connectivity index (χ0v) is 9.40. The standard InChI is InChI=1S/C12H13F2N3/c1-9-4-2-3-5-10(9)16-8-11-15-6-7-17(11)12(13)14/h2-7,12,16H,8H2,1H3. The van der Waals surface area contributed by atoms with Crippen molar-refractivity contribution in [3.8, 4) is 0 Å². The highest BCUT2D eigenvalue weighted by molar-refractivity contribution is 5.50. The Morgan fingerprint density at radius 3 is 2.82 bits per heavy atom. The average Bonchev–Trinajstić information content (AvgIpc) is 2.76. The summed E-state index contributed by atoms with van der Waals surface area (Å²) in [6.45, 7) is -0.310. The van der Waals surface area contributed by atoms with Crippen LogP contribution in [-0.4, -0.2) is 9.55 Å². The van der Waals surface area contributed by atoms with Gasteiger partial charge in [0.15, 0.2) is 0 Å². The lowest BCUT2D eigenvalue weighted by molar-refractivity contribution is 0.0673. The Balaban J connectivity index is 2.08. The van der Waals surface area contributed by atoms with E-state index in [0.717, 1.165) is 15.8 Å². The number of hydrogen-bond donors (Lipinski definition) is 1. The Kier molecular flexibility index (Phi) is 3.37. The molecule has 0 saturated carbocycles. The molecule has 0 aliphatic carbocycles. The fourth-order valence-electron chi connectivity index (χ4n) is 1.60. The smallest absolute Gasteiger partial charge is 0.319 e. The van der Waals surface area contributed by atoms with E-state index < -0.39 is 6.55 Å². The second-order valence-corrected chi connectivity index (χ2v) is 3.70. The molecule has 2 aromatic rings. The molecular weight excluding hydrogens is 224 g/mol. The highest BCUT2D eigenvalue weighted by atomic mass is 19.3. The van der Waals surface area contributed by atoms with Gasteiger partial charge in [-0.1, -0.05) is 18.2 Å². The Labute approximate surface area is 98.1 Å². The minimum absolute atomic E-state index is 0.280. The van der Waals surface area contributed by atoms with Gasteiger partial charge < -0.3 is 5.32 Å². The topological polar surface area (TPSA) is 29.9 Å². The van der Waals surface area contributed by atoms with Crippen molar-refractivity contribution in [2.24, 2.45) is 0 Å². The lowest BCUT2D eigenvalue weighted by Gasteiger charge is -2.10. The highest BCUT2D eigenvalue weighted by Gasteiger charge is 2.10. The van der Waals surface area contributed by atoms with Gasteiger partial charge in [-0.15, -0.1) is 0 Å². The molecule has 0 aliphatic rings. The summed E-state index contributed by atoms with van der Waals surface area (Å²) in [5.41, 5.74) is 2.00. The van der Waals surface area contributed by atoms with Crippen LogP contribution in [0.3, 0.4) is 0 Å². The third kappa shape index (κ3) is 2.61.